The molecule has 0 saturated heterocycles. The van der Waals surface area contributed by atoms with Crippen LogP contribution in [0.4, 0.5) is 4.39 Å². The summed E-state index contributed by atoms with van der Waals surface area (Å²) in [5.41, 5.74) is 0.737. The van der Waals surface area contributed by atoms with Crippen molar-refractivity contribution in [1.29, 1.82) is 0 Å². The average Bonchev–Trinajstić information content (AvgIpc) is 2.03. The smallest absolute Gasteiger partial charge is 0.119 e. The Morgan fingerprint density at radius 1 is 1.36 bits per heavy atom. The van der Waals surface area contributed by atoms with Gasteiger partial charge in [0.2, 0.25) is 0 Å². The normalized spacial score (nSPS) is 10.6. The molecule has 0 atom stereocenters. The summed E-state index contributed by atoms with van der Waals surface area (Å²) < 4.78 is 11.5. The van der Waals surface area contributed by atoms with Gasteiger partial charge in [-0.15, -0.1) is 0 Å². The van der Waals surface area contributed by atoms with Crippen LogP contribution in [0, 0.1) is 0 Å². The van der Waals surface area contributed by atoms with Crippen molar-refractivity contribution in [2.24, 2.45) is 0 Å². The summed E-state index contributed by atoms with van der Waals surface area (Å²) in [5.74, 6) is 0.214. The number of allylic oxidation sites excluding steroid dienone is 1. The van der Waals surface area contributed by atoms with Crippen LogP contribution in [0.5, 0.6) is 5.75 Å². The first-order chi connectivity index (χ1) is 5.34. The Morgan fingerprint density at radius 2 is 2.09 bits per heavy atom. The van der Waals surface area contributed by atoms with Gasteiger partial charge in [-0.2, -0.15) is 0 Å². The third-order valence-electron chi connectivity index (χ3n) is 1.42. The largest absolute Gasteiger partial charge is 0.508 e. The van der Waals surface area contributed by atoms with Gasteiger partial charge in [0, 0.05) is 0 Å². The molecule has 0 aliphatic carbocycles. The monoisotopic (exact) mass is 152 g/mol. The van der Waals surface area contributed by atoms with E-state index < -0.39 is 0 Å². The number of aromatic hydroxyl groups is 1. The highest BCUT2D eigenvalue weighted by molar-refractivity contribution is 5.33. The van der Waals surface area contributed by atoms with E-state index in [4.69, 9.17) is 0 Å². The van der Waals surface area contributed by atoms with Crippen LogP contribution in [-0.2, 0) is 6.42 Å². The van der Waals surface area contributed by atoms with Crippen molar-refractivity contribution in [2.75, 3.05) is 0 Å². The van der Waals surface area contributed by atoms with E-state index >= 15 is 0 Å². The van der Waals surface area contributed by atoms with Crippen LogP contribution in [-0.4, -0.2) is 5.11 Å². The van der Waals surface area contributed by atoms with E-state index in [1.807, 2.05) is 0 Å². The number of halogens is 1. The maximum atomic E-state index is 11.5. The Kier molecular flexibility index (Phi) is 2.66. The highest BCUT2D eigenvalue weighted by Crippen LogP contribution is 2.15. The molecular weight excluding hydrogens is 143 g/mol. The van der Waals surface area contributed by atoms with E-state index in [-0.39, 0.29) is 5.75 Å². The minimum Gasteiger partial charge on any atom is -0.508 e. The number of phenolic OH excluding ortho intramolecular Hbond substituents is 1. The fraction of sp³-hybridized carbons (Fsp3) is 0.111. The van der Waals surface area contributed by atoms with Crippen molar-refractivity contribution < 1.29 is 9.50 Å². The summed E-state index contributed by atoms with van der Waals surface area (Å²) in [6, 6.07) is 6.88. The molecule has 1 N–H and O–H groups in total. The maximum absolute atomic E-state index is 11.5. The minimum absolute atomic E-state index is 0.214. The third-order valence-corrected chi connectivity index (χ3v) is 1.42. The molecule has 1 aromatic rings. The maximum Gasteiger partial charge on any atom is 0.119 e. The molecule has 2 heteroatoms. The summed E-state index contributed by atoms with van der Waals surface area (Å²) in [4.78, 5) is 0. The number of hydrogen-bond acceptors (Lipinski definition) is 1. The number of hydrogen-bond donors (Lipinski definition) is 1. The zero-order valence-corrected chi connectivity index (χ0v) is 6.00. The summed E-state index contributed by atoms with van der Waals surface area (Å²) in [6.07, 6.45) is 2.27. The molecule has 0 fully saturated rings. The van der Waals surface area contributed by atoms with E-state index in [1.165, 1.54) is 6.08 Å². The quantitative estimate of drug-likeness (QED) is 0.690. The van der Waals surface area contributed by atoms with Crippen molar-refractivity contribution in [2.45, 2.75) is 6.42 Å². The molecule has 1 aromatic carbocycles. The Labute approximate surface area is 64.8 Å². The zero-order valence-electron chi connectivity index (χ0n) is 6.00. The third kappa shape index (κ3) is 2.08. The summed E-state index contributed by atoms with van der Waals surface area (Å²) in [7, 11) is 0. The van der Waals surface area contributed by atoms with E-state index in [0.717, 1.165) is 5.56 Å². The first-order valence-electron chi connectivity index (χ1n) is 3.36. The van der Waals surface area contributed by atoms with Gasteiger partial charge in [-0.1, -0.05) is 24.3 Å². The van der Waals surface area contributed by atoms with Gasteiger partial charge in [-0.25, -0.2) is 4.39 Å². The molecule has 0 saturated carbocycles. The lowest BCUT2D eigenvalue weighted by Gasteiger charge is -1.98. The Morgan fingerprint density at radius 3 is 2.73 bits per heavy atom. The van der Waals surface area contributed by atoms with Gasteiger partial charge in [-0.3, -0.25) is 0 Å². The number of phenols is 1. The summed E-state index contributed by atoms with van der Waals surface area (Å²) in [5, 5.41) is 9.18. The topological polar surface area (TPSA) is 20.2 Å². The predicted octanol–water partition coefficient (Wildman–Crippen LogP) is 2.42. The second-order valence-electron chi connectivity index (χ2n) is 2.19. The Balaban J connectivity index is 2.77. The van der Waals surface area contributed by atoms with E-state index in [9.17, 15) is 9.50 Å². The highest BCUT2D eigenvalue weighted by atomic mass is 19.1. The zero-order chi connectivity index (χ0) is 8.10. The van der Waals surface area contributed by atoms with Gasteiger partial charge in [0.1, 0.15) is 5.75 Å². The Hall–Kier alpha value is -1.31. The number of rotatable bonds is 2. The number of benzene rings is 1. The molecule has 0 aromatic heterocycles. The van der Waals surface area contributed by atoms with Crippen molar-refractivity contribution in [3.8, 4) is 5.75 Å². The Bertz CT molecular complexity index is 255. The predicted molar refractivity (Wildman–Crippen MR) is 42.1 cm³/mol. The fourth-order valence-electron chi connectivity index (χ4n) is 0.855. The standard InChI is InChI=1S/C9H9FO/c10-7-3-5-8-4-1-2-6-9(8)11/h1-4,6-7,11H,5H2. The molecule has 0 unspecified atom stereocenters. The molecular formula is C9H9FO. The highest BCUT2D eigenvalue weighted by Gasteiger charge is 1.94. The van der Waals surface area contributed by atoms with Crippen LogP contribution in [0.2, 0.25) is 0 Å². The molecule has 0 amide bonds. The van der Waals surface area contributed by atoms with Crippen molar-refractivity contribution in [3.05, 3.63) is 42.2 Å². The lowest BCUT2D eigenvalue weighted by molar-refractivity contribution is 0.469. The van der Waals surface area contributed by atoms with Crippen LogP contribution < -0.4 is 0 Å². The van der Waals surface area contributed by atoms with E-state index in [2.05, 4.69) is 0 Å². The molecule has 0 bridgehead atoms. The lowest BCUT2D eigenvalue weighted by atomic mass is 10.1. The molecule has 0 spiro atoms. The number of para-hydroxylation sites is 1. The van der Waals surface area contributed by atoms with E-state index in [0.29, 0.717) is 12.8 Å². The van der Waals surface area contributed by atoms with Gasteiger partial charge in [0.15, 0.2) is 0 Å². The second kappa shape index (κ2) is 3.76. The van der Waals surface area contributed by atoms with Gasteiger partial charge < -0.3 is 5.11 Å². The first-order valence-corrected chi connectivity index (χ1v) is 3.36. The van der Waals surface area contributed by atoms with E-state index in [1.54, 1.807) is 24.3 Å². The van der Waals surface area contributed by atoms with Crippen LogP contribution in [0.25, 0.3) is 0 Å². The van der Waals surface area contributed by atoms with Crippen LogP contribution in [0.3, 0.4) is 0 Å². The van der Waals surface area contributed by atoms with Crippen molar-refractivity contribution in [3.63, 3.8) is 0 Å². The van der Waals surface area contributed by atoms with Crippen molar-refractivity contribution >= 4 is 0 Å². The first kappa shape index (κ1) is 7.79. The summed E-state index contributed by atoms with van der Waals surface area (Å²) in [6.45, 7) is 0. The fourth-order valence-corrected chi connectivity index (χ4v) is 0.855. The average molecular weight is 152 g/mol. The molecule has 0 aliphatic heterocycles. The molecule has 1 nitrogen and oxygen atoms in total. The van der Waals surface area contributed by atoms with Gasteiger partial charge in [0.25, 0.3) is 0 Å². The van der Waals surface area contributed by atoms with Gasteiger partial charge in [0.05, 0.1) is 6.33 Å². The molecule has 11 heavy (non-hydrogen) atoms. The van der Waals surface area contributed by atoms with Crippen LogP contribution >= 0.6 is 0 Å². The van der Waals surface area contributed by atoms with Crippen LogP contribution in [0.15, 0.2) is 36.7 Å². The minimum atomic E-state index is 0.214. The molecule has 1 rings (SSSR count). The van der Waals surface area contributed by atoms with Gasteiger partial charge in [-0.05, 0) is 18.1 Å². The van der Waals surface area contributed by atoms with Crippen LogP contribution in [0.1, 0.15) is 5.56 Å². The molecule has 58 valence electrons. The SMILES string of the molecule is Oc1ccccc1CC=CF. The molecule has 0 aliphatic rings. The van der Waals surface area contributed by atoms with Crippen molar-refractivity contribution in [1.82, 2.24) is 0 Å². The lowest BCUT2D eigenvalue weighted by Crippen LogP contribution is -1.79. The van der Waals surface area contributed by atoms with Gasteiger partial charge >= 0.3 is 0 Å². The molecule has 0 heterocycles. The molecule has 0 radical (unpaired) electrons. The second-order valence-corrected chi connectivity index (χ2v) is 2.19. The summed E-state index contributed by atoms with van der Waals surface area (Å²) >= 11 is 0.